The third-order valence-corrected chi connectivity index (χ3v) is 5.96. The first-order chi connectivity index (χ1) is 15.4. The molecule has 0 heterocycles. The molecule has 3 aromatic carbocycles. The Hall–Kier alpha value is -2.16. The molecule has 0 aliphatic carbocycles. The van der Waals surface area contributed by atoms with Gasteiger partial charge in [-0.3, -0.25) is 4.79 Å². The molecule has 0 unspecified atom stereocenters. The summed E-state index contributed by atoms with van der Waals surface area (Å²) in [6.45, 7) is 2.81. The largest absolute Gasteiger partial charge is 0.490 e. The number of benzene rings is 3. The van der Waals surface area contributed by atoms with E-state index in [2.05, 4.69) is 58.3 Å². The van der Waals surface area contributed by atoms with Gasteiger partial charge in [0.2, 0.25) is 5.91 Å². The van der Waals surface area contributed by atoms with Gasteiger partial charge in [0.1, 0.15) is 6.61 Å². The van der Waals surface area contributed by atoms with Crippen molar-refractivity contribution in [3.8, 4) is 11.5 Å². The van der Waals surface area contributed by atoms with Crippen molar-refractivity contribution in [1.29, 1.82) is 0 Å². The van der Waals surface area contributed by atoms with E-state index in [-0.39, 0.29) is 12.3 Å². The number of hydrazone groups is 1. The molecule has 0 aromatic heterocycles. The summed E-state index contributed by atoms with van der Waals surface area (Å²) in [6.07, 6.45) is 1.83. The van der Waals surface area contributed by atoms with Gasteiger partial charge in [0.15, 0.2) is 11.5 Å². The molecule has 1 N–H and O–H groups in total. The van der Waals surface area contributed by atoms with Crippen LogP contribution in [0.1, 0.15) is 23.6 Å². The van der Waals surface area contributed by atoms with Crippen LogP contribution in [0, 0.1) is 0 Å². The highest BCUT2D eigenvalue weighted by Crippen LogP contribution is 2.37. The number of ether oxygens (including phenoxy) is 2. The Labute approximate surface area is 212 Å². The van der Waals surface area contributed by atoms with Crippen LogP contribution in [0.4, 0.5) is 0 Å². The van der Waals surface area contributed by atoms with E-state index in [4.69, 9.17) is 9.47 Å². The van der Waals surface area contributed by atoms with Crippen LogP contribution < -0.4 is 14.9 Å². The summed E-state index contributed by atoms with van der Waals surface area (Å²) in [6, 6.07) is 19.2. The van der Waals surface area contributed by atoms with Crippen LogP contribution in [0.25, 0.3) is 0 Å². The van der Waals surface area contributed by atoms with Gasteiger partial charge in [-0.1, -0.05) is 56.1 Å². The Bertz CT molecular complexity index is 1080. The molecule has 8 heteroatoms. The van der Waals surface area contributed by atoms with Gasteiger partial charge >= 0.3 is 0 Å². The maximum absolute atomic E-state index is 12.1. The average molecular weight is 625 g/mol. The summed E-state index contributed by atoms with van der Waals surface area (Å²) in [7, 11) is 0. The molecule has 0 saturated carbocycles. The van der Waals surface area contributed by atoms with Crippen LogP contribution in [0.3, 0.4) is 0 Å². The number of rotatable bonds is 9. The summed E-state index contributed by atoms with van der Waals surface area (Å²) >= 11 is 10.4. The van der Waals surface area contributed by atoms with E-state index in [9.17, 15) is 4.79 Å². The van der Waals surface area contributed by atoms with Gasteiger partial charge in [-0.05, 0) is 75.9 Å². The molecule has 0 spiro atoms. The molecular formula is C24H21Br3N2O3. The lowest BCUT2D eigenvalue weighted by Crippen LogP contribution is -2.19. The molecule has 0 aliphatic rings. The summed E-state index contributed by atoms with van der Waals surface area (Å²) in [5.74, 6) is 1.02. The van der Waals surface area contributed by atoms with Gasteiger partial charge in [0.05, 0.1) is 23.7 Å². The minimum Gasteiger partial charge on any atom is -0.490 e. The van der Waals surface area contributed by atoms with Crippen LogP contribution in [0.5, 0.6) is 11.5 Å². The zero-order chi connectivity index (χ0) is 22.9. The van der Waals surface area contributed by atoms with E-state index in [0.717, 1.165) is 30.1 Å². The molecule has 0 bridgehead atoms. The minimum absolute atomic E-state index is 0.192. The Morgan fingerprint density at radius 3 is 2.19 bits per heavy atom. The monoisotopic (exact) mass is 622 g/mol. The van der Waals surface area contributed by atoms with Crippen molar-refractivity contribution in [2.75, 3.05) is 6.61 Å². The van der Waals surface area contributed by atoms with Crippen molar-refractivity contribution in [2.45, 2.75) is 20.0 Å². The van der Waals surface area contributed by atoms with Crippen LogP contribution >= 0.6 is 47.8 Å². The highest BCUT2D eigenvalue weighted by Gasteiger charge is 2.12. The third kappa shape index (κ3) is 7.46. The van der Waals surface area contributed by atoms with Crippen molar-refractivity contribution in [2.24, 2.45) is 5.10 Å². The predicted octanol–water partition coefficient (Wildman–Crippen LogP) is 6.64. The first-order valence-electron chi connectivity index (χ1n) is 9.84. The number of carbonyl (C=O) groups is 1. The lowest BCUT2D eigenvalue weighted by molar-refractivity contribution is -0.120. The zero-order valence-corrected chi connectivity index (χ0v) is 22.0. The predicted molar refractivity (Wildman–Crippen MR) is 137 cm³/mol. The molecule has 5 nitrogen and oxygen atoms in total. The smallest absolute Gasteiger partial charge is 0.244 e. The quantitative estimate of drug-likeness (QED) is 0.214. The molecule has 166 valence electrons. The summed E-state index contributed by atoms with van der Waals surface area (Å²) < 4.78 is 14.5. The van der Waals surface area contributed by atoms with E-state index in [1.54, 1.807) is 6.21 Å². The molecule has 1 amide bonds. The van der Waals surface area contributed by atoms with Crippen LogP contribution in [-0.2, 0) is 17.8 Å². The van der Waals surface area contributed by atoms with E-state index in [1.165, 1.54) is 0 Å². The van der Waals surface area contributed by atoms with E-state index >= 15 is 0 Å². The fourth-order valence-electron chi connectivity index (χ4n) is 2.81. The van der Waals surface area contributed by atoms with Crippen molar-refractivity contribution in [1.82, 2.24) is 5.43 Å². The minimum atomic E-state index is -0.192. The van der Waals surface area contributed by atoms with Crippen molar-refractivity contribution in [3.63, 3.8) is 0 Å². The maximum Gasteiger partial charge on any atom is 0.244 e. The molecule has 0 atom stereocenters. The topological polar surface area (TPSA) is 59.9 Å². The Kier molecular flexibility index (Phi) is 9.32. The van der Waals surface area contributed by atoms with Crippen molar-refractivity contribution < 1.29 is 14.3 Å². The SMILES string of the molecule is CCOc1cc(/C=N\NC(=O)Cc2ccc(Br)cc2)cc(Br)c1OCc1ccc(Br)cc1. The summed E-state index contributed by atoms with van der Waals surface area (Å²) in [5.41, 5.74) is 5.28. The fourth-order valence-corrected chi connectivity index (χ4v) is 3.91. The first kappa shape index (κ1) is 24.5. The Balaban J connectivity index is 1.65. The number of amides is 1. The van der Waals surface area contributed by atoms with Crippen LogP contribution in [-0.4, -0.2) is 18.7 Å². The third-order valence-electron chi connectivity index (χ3n) is 4.31. The lowest BCUT2D eigenvalue weighted by atomic mass is 10.1. The molecule has 0 aliphatic heterocycles. The number of hydrogen-bond acceptors (Lipinski definition) is 4. The first-order valence-corrected chi connectivity index (χ1v) is 12.2. The summed E-state index contributed by atoms with van der Waals surface area (Å²) in [5, 5.41) is 4.07. The normalized spacial score (nSPS) is 10.9. The number of hydrogen-bond donors (Lipinski definition) is 1. The van der Waals surface area contributed by atoms with E-state index in [1.807, 2.05) is 67.6 Å². The standard InChI is InChI=1S/C24H21Br3N2O3/c1-2-31-22-12-18(14-28-29-23(30)13-16-3-7-19(25)8-4-16)11-21(27)24(22)32-15-17-5-9-20(26)10-6-17/h3-12,14H,2,13,15H2,1H3,(H,29,30)/b28-14-. The Morgan fingerprint density at radius 1 is 0.938 bits per heavy atom. The highest BCUT2D eigenvalue weighted by molar-refractivity contribution is 9.11. The number of nitrogens with zero attached hydrogens (tertiary/aromatic N) is 1. The average Bonchev–Trinajstić information content (AvgIpc) is 2.76. The number of halogens is 3. The molecule has 3 rings (SSSR count). The van der Waals surface area contributed by atoms with Crippen molar-refractivity contribution in [3.05, 3.63) is 90.8 Å². The molecule has 3 aromatic rings. The molecular weight excluding hydrogens is 604 g/mol. The summed E-state index contributed by atoms with van der Waals surface area (Å²) in [4.78, 5) is 12.1. The van der Waals surface area contributed by atoms with Gasteiger partial charge < -0.3 is 9.47 Å². The second-order valence-electron chi connectivity index (χ2n) is 6.77. The molecule has 32 heavy (non-hydrogen) atoms. The van der Waals surface area contributed by atoms with Crippen LogP contribution in [0.2, 0.25) is 0 Å². The van der Waals surface area contributed by atoms with Gasteiger partial charge in [0.25, 0.3) is 0 Å². The number of nitrogens with one attached hydrogen (secondary N) is 1. The van der Waals surface area contributed by atoms with Gasteiger partial charge in [0, 0.05) is 8.95 Å². The zero-order valence-electron chi connectivity index (χ0n) is 17.3. The maximum atomic E-state index is 12.1. The molecule has 0 radical (unpaired) electrons. The second kappa shape index (κ2) is 12.2. The second-order valence-corrected chi connectivity index (χ2v) is 9.46. The molecule has 0 saturated heterocycles. The van der Waals surface area contributed by atoms with Gasteiger partial charge in [-0.15, -0.1) is 0 Å². The Morgan fingerprint density at radius 2 is 1.56 bits per heavy atom. The van der Waals surface area contributed by atoms with E-state index in [0.29, 0.717) is 24.7 Å². The molecule has 0 fully saturated rings. The van der Waals surface area contributed by atoms with E-state index < -0.39 is 0 Å². The number of carbonyl (C=O) groups excluding carboxylic acids is 1. The highest BCUT2D eigenvalue weighted by atomic mass is 79.9. The van der Waals surface area contributed by atoms with Gasteiger partial charge in [-0.2, -0.15) is 5.10 Å². The fraction of sp³-hybridized carbons (Fsp3) is 0.167. The van der Waals surface area contributed by atoms with Gasteiger partial charge in [-0.25, -0.2) is 5.43 Å². The van der Waals surface area contributed by atoms with Crippen LogP contribution in [0.15, 0.2) is 79.2 Å². The van der Waals surface area contributed by atoms with Crippen molar-refractivity contribution >= 4 is 59.9 Å². The lowest BCUT2D eigenvalue weighted by Gasteiger charge is -2.14.